The maximum atomic E-state index is 11.9. The van der Waals surface area contributed by atoms with Gasteiger partial charge in [0.05, 0.1) is 16.4 Å². The van der Waals surface area contributed by atoms with E-state index in [1.165, 1.54) is 17.8 Å². The highest BCUT2D eigenvalue weighted by Crippen LogP contribution is 2.31. The number of nitro groups is 1. The van der Waals surface area contributed by atoms with Crippen LogP contribution in [-0.2, 0) is 4.74 Å². The molecule has 122 valence electrons. The highest BCUT2D eigenvalue weighted by Gasteiger charge is 2.17. The van der Waals surface area contributed by atoms with Crippen molar-refractivity contribution in [2.75, 3.05) is 26.0 Å². The quantitative estimate of drug-likeness (QED) is 0.326. The molecule has 1 aromatic rings. The number of hydrogen-bond donors (Lipinski definition) is 1. The maximum Gasteiger partial charge on any atom is 0.283 e. The van der Waals surface area contributed by atoms with Crippen molar-refractivity contribution in [1.82, 2.24) is 5.32 Å². The SMILES string of the molecule is COCCNC(=O)c1ccc(SCCC(C)C)c([N+](=O)[O-])c1. The van der Waals surface area contributed by atoms with Crippen LogP contribution in [0.4, 0.5) is 5.69 Å². The Morgan fingerprint density at radius 3 is 2.77 bits per heavy atom. The van der Waals surface area contributed by atoms with E-state index >= 15 is 0 Å². The van der Waals surface area contributed by atoms with Gasteiger partial charge in [-0.15, -0.1) is 11.8 Å². The van der Waals surface area contributed by atoms with E-state index in [1.807, 2.05) is 0 Å². The van der Waals surface area contributed by atoms with E-state index in [9.17, 15) is 14.9 Å². The molecule has 0 unspecified atom stereocenters. The van der Waals surface area contributed by atoms with Crippen molar-refractivity contribution in [1.29, 1.82) is 0 Å². The van der Waals surface area contributed by atoms with Gasteiger partial charge in [0.2, 0.25) is 0 Å². The minimum Gasteiger partial charge on any atom is -0.383 e. The van der Waals surface area contributed by atoms with E-state index in [0.717, 1.165) is 12.2 Å². The van der Waals surface area contributed by atoms with Gasteiger partial charge in [0.1, 0.15) is 0 Å². The molecule has 1 amide bonds. The Morgan fingerprint density at radius 1 is 1.45 bits per heavy atom. The van der Waals surface area contributed by atoms with Crippen molar-refractivity contribution in [3.05, 3.63) is 33.9 Å². The van der Waals surface area contributed by atoms with Gasteiger partial charge in [-0.3, -0.25) is 14.9 Å². The summed E-state index contributed by atoms with van der Waals surface area (Å²) in [4.78, 5) is 23.3. The summed E-state index contributed by atoms with van der Waals surface area (Å²) >= 11 is 1.45. The number of nitrogens with one attached hydrogen (secondary N) is 1. The van der Waals surface area contributed by atoms with Crippen LogP contribution in [0.25, 0.3) is 0 Å². The largest absolute Gasteiger partial charge is 0.383 e. The summed E-state index contributed by atoms with van der Waals surface area (Å²) in [6, 6.07) is 4.60. The summed E-state index contributed by atoms with van der Waals surface area (Å²) in [5, 5.41) is 13.8. The van der Waals surface area contributed by atoms with Crippen LogP contribution in [-0.4, -0.2) is 36.8 Å². The van der Waals surface area contributed by atoms with Crippen molar-refractivity contribution in [2.45, 2.75) is 25.2 Å². The molecule has 0 atom stereocenters. The molecule has 0 saturated heterocycles. The number of amides is 1. The van der Waals surface area contributed by atoms with Gasteiger partial charge in [0.15, 0.2) is 0 Å². The van der Waals surface area contributed by atoms with Crippen LogP contribution in [0.2, 0.25) is 0 Å². The average Bonchev–Trinajstić information content (AvgIpc) is 2.47. The molecule has 0 bridgehead atoms. The number of thioether (sulfide) groups is 1. The maximum absolute atomic E-state index is 11.9. The second-order valence-electron chi connectivity index (χ2n) is 5.22. The van der Waals surface area contributed by atoms with E-state index in [-0.39, 0.29) is 17.2 Å². The molecule has 6 nitrogen and oxygen atoms in total. The Labute approximate surface area is 134 Å². The van der Waals surface area contributed by atoms with E-state index in [2.05, 4.69) is 19.2 Å². The second-order valence-corrected chi connectivity index (χ2v) is 6.36. The molecule has 1 aromatic carbocycles. The first-order valence-electron chi connectivity index (χ1n) is 7.14. The van der Waals surface area contributed by atoms with Crippen molar-refractivity contribution in [3.8, 4) is 0 Å². The Morgan fingerprint density at radius 2 is 2.18 bits per heavy atom. The average molecular weight is 326 g/mol. The molecule has 0 aromatic heterocycles. The van der Waals surface area contributed by atoms with Crippen LogP contribution in [0, 0.1) is 16.0 Å². The Balaban J connectivity index is 2.80. The van der Waals surface area contributed by atoms with Crippen LogP contribution in [0.3, 0.4) is 0 Å². The standard InChI is InChI=1S/C15H22N2O4S/c1-11(2)6-9-22-14-5-4-12(10-13(14)17(19)20)15(18)16-7-8-21-3/h4-5,10-11H,6-9H2,1-3H3,(H,16,18). The fourth-order valence-electron chi connectivity index (χ4n) is 1.70. The first-order chi connectivity index (χ1) is 10.5. The Bertz CT molecular complexity index is 520. The monoisotopic (exact) mass is 326 g/mol. The lowest BCUT2D eigenvalue weighted by Crippen LogP contribution is -2.26. The van der Waals surface area contributed by atoms with Crippen molar-refractivity contribution in [3.63, 3.8) is 0 Å². The fraction of sp³-hybridized carbons (Fsp3) is 0.533. The van der Waals surface area contributed by atoms with Gasteiger partial charge in [0.25, 0.3) is 11.6 Å². The minimum absolute atomic E-state index is 0.0202. The lowest BCUT2D eigenvalue weighted by molar-refractivity contribution is -0.387. The summed E-state index contributed by atoms with van der Waals surface area (Å²) in [5.74, 6) is 1.04. The number of methoxy groups -OCH3 is 1. The zero-order chi connectivity index (χ0) is 16.5. The molecule has 0 spiro atoms. The van der Waals surface area contributed by atoms with Gasteiger partial charge in [0, 0.05) is 25.3 Å². The fourth-order valence-corrected chi connectivity index (χ4v) is 2.95. The van der Waals surface area contributed by atoms with E-state index in [1.54, 1.807) is 19.2 Å². The summed E-state index contributed by atoms with van der Waals surface area (Å²) in [6.07, 6.45) is 0.987. The summed E-state index contributed by atoms with van der Waals surface area (Å²) in [7, 11) is 1.54. The third kappa shape index (κ3) is 6.03. The molecule has 22 heavy (non-hydrogen) atoms. The minimum atomic E-state index is -0.441. The van der Waals surface area contributed by atoms with Crippen molar-refractivity contribution >= 4 is 23.4 Å². The first kappa shape index (κ1) is 18.4. The topological polar surface area (TPSA) is 81.5 Å². The van der Waals surface area contributed by atoms with Gasteiger partial charge in [-0.05, 0) is 30.2 Å². The number of nitro benzene ring substituents is 1. The first-order valence-corrected chi connectivity index (χ1v) is 8.12. The number of rotatable bonds is 9. The molecule has 1 rings (SSSR count). The smallest absolute Gasteiger partial charge is 0.283 e. The van der Waals surface area contributed by atoms with Gasteiger partial charge < -0.3 is 10.1 Å². The lowest BCUT2D eigenvalue weighted by atomic mass is 10.2. The predicted molar refractivity (Wildman–Crippen MR) is 87.5 cm³/mol. The molecular formula is C15H22N2O4S. The molecular weight excluding hydrogens is 304 g/mol. The summed E-state index contributed by atoms with van der Waals surface area (Å²) < 4.78 is 4.85. The summed E-state index contributed by atoms with van der Waals surface area (Å²) in [6.45, 7) is 5.00. The van der Waals surface area contributed by atoms with E-state index < -0.39 is 4.92 Å². The number of nitrogens with zero attached hydrogens (tertiary/aromatic N) is 1. The summed E-state index contributed by atoms with van der Waals surface area (Å²) in [5.41, 5.74) is 0.268. The molecule has 0 aliphatic rings. The third-order valence-electron chi connectivity index (χ3n) is 2.96. The number of hydrogen-bond acceptors (Lipinski definition) is 5. The van der Waals surface area contributed by atoms with Crippen LogP contribution in [0.15, 0.2) is 23.1 Å². The molecule has 7 heteroatoms. The number of benzene rings is 1. The Hall–Kier alpha value is -1.60. The second kappa shape index (κ2) is 9.42. The van der Waals surface area contributed by atoms with Crippen LogP contribution >= 0.6 is 11.8 Å². The van der Waals surface area contributed by atoms with Gasteiger partial charge in [-0.25, -0.2) is 0 Å². The molecule has 1 N–H and O–H groups in total. The molecule has 0 aliphatic heterocycles. The normalized spacial score (nSPS) is 10.7. The molecule has 0 aliphatic carbocycles. The molecule has 0 saturated carbocycles. The third-order valence-corrected chi connectivity index (χ3v) is 4.06. The van der Waals surface area contributed by atoms with Crippen LogP contribution in [0.1, 0.15) is 30.6 Å². The van der Waals surface area contributed by atoms with Gasteiger partial charge >= 0.3 is 0 Å². The van der Waals surface area contributed by atoms with Crippen LogP contribution in [0.5, 0.6) is 0 Å². The van der Waals surface area contributed by atoms with Crippen molar-refractivity contribution < 1.29 is 14.5 Å². The number of ether oxygens (including phenoxy) is 1. The Kier molecular flexibility index (Phi) is 7.90. The molecule has 0 radical (unpaired) electrons. The predicted octanol–water partition coefficient (Wildman–Crippen LogP) is 3.11. The van der Waals surface area contributed by atoms with Crippen molar-refractivity contribution in [2.24, 2.45) is 5.92 Å². The number of carbonyl (C=O) groups is 1. The number of carbonyl (C=O) groups excluding carboxylic acids is 1. The highest BCUT2D eigenvalue weighted by atomic mass is 32.2. The molecule has 0 heterocycles. The lowest BCUT2D eigenvalue weighted by Gasteiger charge is -2.08. The van der Waals surface area contributed by atoms with E-state index in [0.29, 0.717) is 24.0 Å². The zero-order valence-electron chi connectivity index (χ0n) is 13.1. The molecule has 0 fully saturated rings. The van der Waals surface area contributed by atoms with E-state index in [4.69, 9.17) is 4.74 Å². The van der Waals surface area contributed by atoms with Gasteiger partial charge in [-0.2, -0.15) is 0 Å². The zero-order valence-corrected chi connectivity index (χ0v) is 13.9. The van der Waals surface area contributed by atoms with Crippen LogP contribution < -0.4 is 5.32 Å². The highest BCUT2D eigenvalue weighted by molar-refractivity contribution is 7.99. The van der Waals surface area contributed by atoms with Gasteiger partial charge in [-0.1, -0.05) is 13.8 Å².